The first-order valence-corrected chi connectivity index (χ1v) is 7.85. The maximum atomic E-state index is 12.9. The van der Waals surface area contributed by atoms with Crippen molar-refractivity contribution in [1.29, 1.82) is 0 Å². The van der Waals surface area contributed by atoms with E-state index in [1.807, 2.05) is 0 Å². The third kappa shape index (κ3) is 1.96. The van der Waals surface area contributed by atoms with Crippen molar-refractivity contribution >= 4 is 29.3 Å². The van der Waals surface area contributed by atoms with Crippen LogP contribution >= 0.6 is 0 Å². The fraction of sp³-hybridized carbons (Fsp3) is 0.375. The number of hydrogen-bond donors (Lipinski definition) is 3. The molecule has 3 aliphatic heterocycles. The second-order valence-corrected chi connectivity index (χ2v) is 6.23. The number of nitrogens with one attached hydrogen (secondary N) is 2. The number of nitrogens with two attached hydrogens (primary N) is 1. The maximum absolute atomic E-state index is 12.9. The number of nitrogen functional groups attached to an aromatic ring is 1. The summed E-state index contributed by atoms with van der Waals surface area (Å²) in [6.45, 7) is 1.30. The van der Waals surface area contributed by atoms with Gasteiger partial charge in [-0.1, -0.05) is 0 Å². The van der Waals surface area contributed by atoms with Crippen molar-refractivity contribution in [2.75, 3.05) is 12.3 Å². The number of imide groups is 2. The zero-order valence-electron chi connectivity index (χ0n) is 12.8. The maximum Gasteiger partial charge on any atom is 0.264 e. The minimum atomic E-state index is -0.966. The van der Waals surface area contributed by atoms with Crippen molar-refractivity contribution in [3.8, 4) is 0 Å². The second-order valence-electron chi connectivity index (χ2n) is 6.23. The topological polar surface area (TPSA) is 122 Å². The molecule has 0 spiro atoms. The lowest BCUT2D eigenvalue weighted by atomic mass is 9.91. The van der Waals surface area contributed by atoms with Crippen LogP contribution in [-0.2, 0) is 22.6 Å². The summed E-state index contributed by atoms with van der Waals surface area (Å²) in [6.07, 6.45) is 0.862. The molecule has 1 aromatic rings. The Labute approximate surface area is 137 Å². The van der Waals surface area contributed by atoms with Crippen molar-refractivity contribution in [2.45, 2.75) is 31.8 Å². The fourth-order valence-electron chi connectivity index (χ4n) is 3.69. The fourth-order valence-corrected chi connectivity index (χ4v) is 3.69. The molecular weight excluding hydrogens is 312 g/mol. The molecule has 1 fully saturated rings. The van der Waals surface area contributed by atoms with Gasteiger partial charge in [0, 0.05) is 18.7 Å². The van der Waals surface area contributed by atoms with E-state index in [0.717, 1.165) is 16.0 Å². The first-order chi connectivity index (χ1) is 11.5. The first-order valence-electron chi connectivity index (χ1n) is 7.85. The lowest BCUT2D eigenvalue weighted by Gasteiger charge is -2.28. The average Bonchev–Trinajstić information content (AvgIpc) is 2.80. The zero-order valence-corrected chi connectivity index (χ0v) is 12.8. The minimum absolute atomic E-state index is 0.0985. The van der Waals surface area contributed by atoms with Gasteiger partial charge in [-0.05, 0) is 36.6 Å². The van der Waals surface area contributed by atoms with Crippen molar-refractivity contribution < 1.29 is 19.2 Å². The molecule has 24 heavy (non-hydrogen) atoms. The Morgan fingerprint density at radius 3 is 2.58 bits per heavy atom. The van der Waals surface area contributed by atoms with Gasteiger partial charge in [-0.15, -0.1) is 0 Å². The Hall–Kier alpha value is -2.74. The SMILES string of the molecule is Nc1cc2c(c3c1C(=O)N(C1CCC(=O)NC1=O)C3=O)CCNC2. The molecule has 1 aromatic carbocycles. The van der Waals surface area contributed by atoms with Crippen molar-refractivity contribution in [2.24, 2.45) is 0 Å². The molecule has 1 atom stereocenters. The number of amides is 4. The highest BCUT2D eigenvalue weighted by Gasteiger charge is 2.47. The smallest absolute Gasteiger partial charge is 0.264 e. The number of carbonyl (C=O) groups excluding carboxylic acids is 4. The van der Waals surface area contributed by atoms with Gasteiger partial charge in [0.25, 0.3) is 11.8 Å². The minimum Gasteiger partial charge on any atom is -0.398 e. The number of benzene rings is 1. The lowest BCUT2D eigenvalue weighted by Crippen LogP contribution is -2.54. The van der Waals surface area contributed by atoms with E-state index in [-0.39, 0.29) is 24.1 Å². The van der Waals surface area contributed by atoms with E-state index >= 15 is 0 Å². The van der Waals surface area contributed by atoms with Crippen LogP contribution in [0.2, 0.25) is 0 Å². The molecule has 0 aromatic heterocycles. The van der Waals surface area contributed by atoms with Crippen LogP contribution in [0.3, 0.4) is 0 Å². The summed E-state index contributed by atoms with van der Waals surface area (Å²) in [4.78, 5) is 50.1. The molecule has 124 valence electrons. The number of hydrogen-bond acceptors (Lipinski definition) is 6. The van der Waals surface area contributed by atoms with E-state index in [0.29, 0.717) is 25.1 Å². The third-order valence-corrected chi connectivity index (χ3v) is 4.81. The predicted octanol–water partition coefficient (Wildman–Crippen LogP) is -0.684. The highest BCUT2D eigenvalue weighted by molar-refractivity contribution is 6.26. The molecule has 3 aliphatic rings. The van der Waals surface area contributed by atoms with E-state index in [2.05, 4.69) is 10.6 Å². The molecule has 1 saturated heterocycles. The molecule has 3 heterocycles. The van der Waals surface area contributed by atoms with Gasteiger partial charge < -0.3 is 11.1 Å². The molecule has 0 bridgehead atoms. The van der Waals surface area contributed by atoms with Crippen LogP contribution in [0.25, 0.3) is 0 Å². The van der Waals surface area contributed by atoms with Crippen LogP contribution in [0, 0.1) is 0 Å². The van der Waals surface area contributed by atoms with E-state index in [9.17, 15) is 19.2 Å². The van der Waals surface area contributed by atoms with E-state index in [1.54, 1.807) is 6.07 Å². The number of rotatable bonds is 1. The van der Waals surface area contributed by atoms with Crippen LogP contribution in [0.1, 0.15) is 44.7 Å². The molecule has 0 aliphatic carbocycles. The lowest BCUT2D eigenvalue weighted by molar-refractivity contribution is -0.136. The molecule has 0 radical (unpaired) electrons. The van der Waals surface area contributed by atoms with Crippen molar-refractivity contribution in [3.05, 3.63) is 28.3 Å². The van der Waals surface area contributed by atoms with Crippen LogP contribution < -0.4 is 16.4 Å². The van der Waals surface area contributed by atoms with Gasteiger partial charge in [0.05, 0.1) is 11.1 Å². The summed E-state index contributed by atoms with van der Waals surface area (Å²) in [6, 6.07) is 0.756. The van der Waals surface area contributed by atoms with E-state index < -0.39 is 29.7 Å². The quantitative estimate of drug-likeness (QED) is 0.464. The molecule has 0 saturated carbocycles. The molecule has 8 heteroatoms. The summed E-state index contributed by atoms with van der Waals surface area (Å²) in [7, 11) is 0. The molecule has 4 N–H and O–H groups in total. The van der Waals surface area contributed by atoms with E-state index in [1.165, 1.54) is 0 Å². The number of nitrogens with zero attached hydrogens (tertiary/aromatic N) is 1. The van der Waals surface area contributed by atoms with Gasteiger partial charge in [-0.3, -0.25) is 29.4 Å². The van der Waals surface area contributed by atoms with Gasteiger partial charge in [-0.25, -0.2) is 0 Å². The predicted molar refractivity (Wildman–Crippen MR) is 82.9 cm³/mol. The van der Waals surface area contributed by atoms with Crippen molar-refractivity contribution in [1.82, 2.24) is 15.5 Å². The highest BCUT2D eigenvalue weighted by Crippen LogP contribution is 2.36. The standard InChI is InChI=1S/C16H16N4O4/c17-9-5-7-6-18-4-3-8(7)12-13(9)16(24)20(15(12)23)10-1-2-11(21)19-14(10)22/h5,10,18H,1-4,6,17H2,(H,19,21,22). The number of piperidine rings is 1. The molecule has 8 nitrogen and oxygen atoms in total. The number of fused-ring (bicyclic) bond motifs is 3. The molecular formula is C16H16N4O4. The van der Waals surface area contributed by atoms with Gasteiger partial charge in [0.1, 0.15) is 6.04 Å². The van der Waals surface area contributed by atoms with Gasteiger partial charge in [0.2, 0.25) is 11.8 Å². The van der Waals surface area contributed by atoms with Crippen molar-refractivity contribution in [3.63, 3.8) is 0 Å². The Bertz CT molecular complexity index is 817. The monoisotopic (exact) mass is 328 g/mol. The third-order valence-electron chi connectivity index (χ3n) is 4.81. The zero-order chi connectivity index (χ0) is 17.0. The highest BCUT2D eigenvalue weighted by atomic mass is 16.2. The molecule has 4 amide bonds. The number of carbonyl (C=O) groups is 4. The van der Waals surface area contributed by atoms with E-state index in [4.69, 9.17) is 5.73 Å². The van der Waals surface area contributed by atoms with Crippen LogP contribution in [0.5, 0.6) is 0 Å². The normalized spacial score (nSPS) is 23.2. The summed E-state index contributed by atoms with van der Waals surface area (Å²) < 4.78 is 0. The summed E-state index contributed by atoms with van der Waals surface area (Å²) in [5, 5.41) is 5.39. The van der Waals surface area contributed by atoms with Gasteiger partial charge >= 0.3 is 0 Å². The second kappa shape index (κ2) is 5.13. The Kier molecular flexibility index (Phi) is 3.17. The largest absolute Gasteiger partial charge is 0.398 e. The van der Waals surface area contributed by atoms with Gasteiger partial charge in [0.15, 0.2) is 0 Å². The number of anilines is 1. The van der Waals surface area contributed by atoms with Crippen LogP contribution in [0.4, 0.5) is 5.69 Å². The summed E-state index contributed by atoms with van der Waals surface area (Å²) in [5.74, 6) is -2.05. The average molecular weight is 328 g/mol. The first kappa shape index (κ1) is 14.8. The summed E-state index contributed by atoms with van der Waals surface area (Å²) in [5.41, 5.74) is 8.50. The van der Waals surface area contributed by atoms with Crippen LogP contribution in [-0.4, -0.2) is 41.1 Å². The summed E-state index contributed by atoms with van der Waals surface area (Å²) >= 11 is 0. The van der Waals surface area contributed by atoms with Gasteiger partial charge in [-0.2, -0.15) is 0 Å². The Balaban J connectivity index is 1.80. The molecule has 4 rings (SSSR count). The van der Waals surface area contributed by atoms with Crippen LogP contribution in [0.15, 0.2) is 6.07 Å². The molecule has 1 unspecified atom stereocenters. The Morgan fingerprint density at radius 1 is 1.08 bits per heavy atom. The Morgan fingerprint density at radius 2 is 1.83 bits per heavy atom.